The molecule has 0 fully saturated rings. The van der Waals surface area contributed by atoms with Crippen LogP contribution in [0.5, 0.6) is 11.5 Å². The summed E-state index contributed by atoms with van der Waals surface area (Å²) in [5, 5.41) is 4.41. The number of hydrogen-bond acceptors (Lipinski definition) is 7. The second-order valence-electron chi connectivity index (χ2n) is 6.85. The van der Waals surface area contributed by atoms with Crippen LogP contribution in [0.25, 0.3) is 21.8 Å². The third kappa shape index (κ3) is 3.22. The molecule has 0 atom stereocenters. The summed E-state index contributed by atoms with van der Waals surface area (Å²) in [6, 6.07) is 7.52. The molecule has 0 bridgehead atoms. The molecule has 0 aliphatic carbocycles. The Morgan fingerprint density at radius 2 is 1.72 bits per heavy atom. The van der Waals surface area contributed by atoms with Crippen molar-refractivity contribution < 1.29 is 9.47 Å². The molecule has 0 amide bonds. The molecule has 2 aromatic carbocycles. The summed E-state index contributed by atoms with van der Waals surface area (Å²) in [7, 11) is 3.14. The van der Waals surface area contributed by atoms with Gasteiger partial charge in [0.05, 0.1) is 30.8 Å². The highest BCUT2D eigenvalue weighted by molar-refractivity contribution is 5.90. The largest absolute Gasteiger partial charge is 0.493 e. The Balaban J connectivity index is 1.85. The van der Waals surface area contributed by atoms with Crippen molar-refractivity contribution >= 4 is 33.7 Å². The van der Waals surface area contributed by atoms with Gasteiger partial charge in [-0.15, -0.1) is 0 Å². The van der Waals surface area contributed by atoms with E-state index in [0.29, 0.717) is 33.9 Å². The Kier molecular flexibility index (Phi) is 4.54. The summed E-state index contributed by atoms with van der Waals surface area (Å²) in [5.41, 5.74) is 3.72. The van der Waals surface area contributed by atoms with E-state index in [4.69, 9.17) is 9.47 Å². The van der Waals surface area contributed by atoms with Gasteiger partial charge in [-0.05, 0) is 50.1 Å². The molecular weight excluding hydrogens is 370 g/mol. The molecule has 8 heteroatoms. The maximum Gasteiger partial charge on any atom is 0.260 e. The topological polar surface area (TPSA) is 102 Å². The summed E-state index contributed by atoms with van der Waals surface area (Å²) >= 11 is 0. The van der Waals surface area contributed by atoms with Gasteiger partial charge in [-0.2, -0.15) is 0 Å². The van der Waals surface area contributed by atoms with Gasteiger partial charge in [0.1, 0.15) is 5.52 Å². The van der Waals surface area contributed by atoms with Crippen LogP contribution in [0.1, 0.15) is 16.8 Å². The van der Waals surface area contributed by atoms with E-state index in [1.807, 2.05) is 45.0 Å². The number of ether oxygens (including phenoxy) is 2. The smallest absolute Gasteiger partial charge is 0.260 e. The Morgan fingerprint density at radius 1 is 0.931 bits per heavy atom. The van der Waals surface area contributed by atoms with Crippen LogP contribution in [0.3, 0.4) is 0 Å². The van der Waals surface area contributed by atoms with Gasteiger partial charge in [0.15, 0.2) is 11.5 Å². The Labute approximate surface area is 166 Å². The van der Waals surface area contributed by atoms with E-state index >= 15 is 0 Å². The zero-order valence-electron chi connectivity index (χ0n) is 16.9. The summed E-state index contributed by atoms with van der Waals surface area (Å²) in [5.74, 6) is 1.67. The molecule has 0 saturated heterocycles. The van der Waals surface area contributed by atoms with Gasteiger partial charge in [-0.3, -0.25) is 15.1 Å². The maximum absolute atomic E-state index is 12.5. The Bertz CT molecular complexity index is 1310. The number of aromatic amines is 1. The third-order valence-electron chi connectivity index (χ3n) is 4.78. The Hall–Kier alpha value is -3.68. The normalized spacial score (nSPS) is 11.1. The molecule has 0 radical (unpaired) electrons. The van der Waals surface area contributed by atoms with Crippen LogP contribution in [-0.4, -0.2) is 34.2 Å². The summed E-state index contributed by atoms with van der Waals surface area (Å²) < 4.78 is 10.9. The first-order valence-corrected chi connectivity index (χ1v) is 9.09. The van der Waals surface area contributed by atoms with Crippen molar-refractivity contribution in [3.63, 3.8) is 0 Å². The standard InChI is InChI=1S/C21H21N5O3/c1-10-8-11(2)16-14(9-10)19(27)25-21(23-16)26-20-22-12(3)13-6-7-15(28-4)18(29-5)17(13)24-20/h6-9H,1-5H3,(H2,22,23,24,25,26,27). The van der Waals surface area contributed by atoms with Crippen LogP contribution >= 0.6 is 0 Å². The van der Waals surface area contributed by atoms with Crippen molar-refractivity contribution in [2.45, 2.75) is 20.8 Å². The van der Waals surface area contributed by atoms with Crippen LogP contribution in [0, 0.1) is 20.8 Å². The van der Waals surface area contributed by atoms with E-state index in [-0.39, 0.29) is 11.5 Å². The number of anilines is 2. The number of methoxy groups -OCH3 is 2. The van der Waals surface area contributed by atoms with Crippen molar-refractivity contribution in [3.05, 3.63) is 51.4 Å². The lowest BCUT2D eigenvalue weighted by Crippen LogP contribution is -2.13. The summed E-state index contributed by atoms with van der Waals surface area (Å²) in [4.78, 5) is 28.9. The zero-order valence-corrected chi connectivity index (χ0v) is 16.9. The predicted molar refractivity (Wildman–Crippen MR) is 112 cm³/mol. The van der Waals surface area contributed by atoms with Crippen molar-refractivity contribution in [3.8, 4) is 11.5 Å². The molecule has 0 spiro atoms. The van der Waals surface area contributed by atoms with Crippen LogP contribution in [0.2, 0.25) is 0 Å². The van der Waals surface area contributed by atoms with E-state index in [0.717, 1.165) is 22.2 Å². The summed E-state index contributed by atoms with van der Waals surface area (Å²) in [6.45, 7) is 5.76. The average molecular weight is 391 g/mol. The summed E-state index contributed by atoms with van der Waals surface area (Å²) in [6.07, 6.45) is 0. The van der Waals surface area contributed by atoms with E-state index in [1.54, 1.807) is 14.2 Å². The molecule has 2 aromatic heterocycles. The molecule has 0 aliphatic heterocycles. The number of rotatable bonds is 4. The number of aryl methyl sites for hydroxylation is 3. The van der Waals surface area contributed by atoms with Crippen molar-refractivity contribution in [1.29, 1.82) is 0 Å². The van der Waals surface area contributed by atoms with Crippen LogP contribution < -0.4 is 20.3 Å². The number of H-pyrrole nitrogens is 1. The number of benzene rings is 2. The number of aromatic nitrogens is 4. The molecule has 4 rings (SSSR count). The zero-order chi connectivity index (χ0) is 20.7. The first-order chi connectivity index (χ1) is 13.9. The first-order valence-electron chi connectivity index (χ1n) is 9.09. The van der Waals surface area contributed by atoms with Gasteiger partial charge < -0.3 is 9.47 Å². The monoisotopic (exact) mass is 391 g/mol. The fourth-order valence-electron chi connectivity index (χ4n) is 3.48. The van der Waals surface area contributed by atoms with Crippen LogP contribution in [0.15, 0.2) is 29.1 Å². The molecule has 0 unspecified atom stereocenters. The molecule has 0 saturated carbocycles. The maximum atomic E-state index is 12.5. The van der Waals surface area contributed by atoms with E-state index < -0.39 is 0 Å². The van der Waals surface area contributed by atoms with Crippen LogP contribution in [-0.2, 0) is 0 Å². The number of nitrogens with one attached hydrogen (secondary N) is 2. The molecular formula is C21H21N5O3. The van der Waals surface area contributed by atoms with Gasteiger partial charge in [0.2, 0.25) is 11.9 Å². The molecule has 4 aromatic rings. The minimum atomic E-state index is -0.221. The van der Waals surface area contributed by atoms with Crippen molar-refractivity contribution in [2.24, 2.45) is 0 Å². The lowest BCUT2D eigenvalue weighted by molar-refractivity contribution is 0.358. The highest BCUT2D eigenvalue weighted by Gasteiger charge is 2.15. The van der Waals surface area contributed by atoms with E-state index in [1.165, 1.54) is 0 Å². The lowest BCUT2D eigenvalue weighted by atomic mass is 10.1. The lowest BCUT2D eigenvalue weighted by Gasteiger charge is -2.13. The number of fused-ring (bicyclic) bond motifs is 2. The quantitative estimate of drug-likeness (QED) is 0.548. The Morgan fingerprint density at radius 3 is 2.45 bits per heavy atom. The van der Waals surface area contributed by atoms with Gasteiger partial charge in [-0.1, -0.05) is 6.07 Å². The van der Waals surface area contributed by atoms with E-state index in [2.05, 4.69) is 25.3 Å². The number of nitrogens with zero attached hydrogens (tertiary/aromatic N) is 3. The minimum Gasteiger partial charge on any atom is -0.493 e. The first kappa shape index (κ1) is 18.7. The average Bonchev–Trinajstić information content (AvgIpc) is 2.68. The van der Waals surface area contributed by atoms with E-state index in [9.17, 15) is 4.79 Å². The van der Waals surface area contributed by atoms with Gasteiger partial charge in [-0.25, -0.2) is 15.0 Å². The highest BCUT2D eigenvalue weighted by Crippen LogP contribution is 2.35. The molecule has 8 nitrogen and oxygen atoms in total. The molecule has 2 heterocycles. The second-order valence-corrected chi connectivity index (χ2v) is 6.85. The molecule has 29 heavy (non-hydrogen) atoms. The molecule has 148 valence electrons. The second kappa shape index (κ2) is 7.05. The fraction of sp³-hybridized carbons (Fsp3) is 0.238. The van der Waals surface area contributed by atoms with Crippen molar-refractivity contribution in [2.75, 3.05) is 19.5 Å². The fourth-order valence-corrected chi connectivity index (χ4v) is 3.48. The van der Waals surface area contributed by atoms with Crippen LogP contribution in [0.4, 0.5) is 11.9 Å². The SMILES string of the molecule is COc1ccc2c(C)nc(Nc3nc4c(C)cc(C)cc4c(=O)[nH]3)nc2c1OC. The third-order valence-corrected chi connectivity index (χ3v) is 4.78. The number of hydrogen-bond donors (Lipinski definition) is 2. The van der Waals surface area contributed by atoms with Gasteiger partial charge >= 0.3 is 0 Å². The van der Waals surface area contributed by atoms with Gasteiger partial charge in [0, 0.05) is 5.39 Å². The predicted octanol–water partition coefficient (Wildman–Crippen LogP) is 3.55. The highest BCUT2D eigenvalue weighted by atomic mass is 16.5. The molecule has 2 N–H and O–H groups in total. The van der Waals surface area contributed by atoms with Crippen molar-refractivity contribution in [1.82, 2.24) is 19.9 Å². The van der Waals surface area contributed by atoms with Gasteiger partial charge in [0.25, 0.3) is 5.56 Å². The minimum absolute atomic E-state index is 0.221. The molecule has 0 aliphatic rings.